The molecule has 1 rings (SSSR count). The van der Waals surface area contributed by atoms with Gasteiger partial charge in [-0.25, -0.2) is 0 Å². The molecule has 1 aromatic carbocycles. The van der Waals surface area contributed by atoms with Crippen molar-refractivity contribution in [3.63, 3.8) is 0 Å². The summed E-state index contributed by atoms with van der Waals surface area (Å²) in [6.45, 7) is 0. The van der Waals surface area contributed by atoms with Gasteiger partial charge in [0, 0.05) is 0 Å². The molecule has 0 amide bonds. The molecule has 0 aliphatic heterocycles. The lowest BCUT2D eigenvalue weighted by Gasteiger charge is -2.00. The fraction of sp³-hybridized carbons (Fsp3) is 0. The van der Waals surface area contributed by atoms with E-state index in [0.717, 1.165) is 0 Å². The second-order valence-electron chi connectivity index (χ2n) is 2.05. The lowest BCUT2D eigenvalue weighted by atomic mass is 10.3. The van der Waals surface area contributed by atoms with Gasteiger partial charge in [-0.1, -0.05) is 23.2 Å². The first-order valence-corrected chi connectivity index (χ1v) is 3.67. The zero-order chi connectivity index (χ0) is 9.30. The maximum Gasteiger partial charge on any atom is 0.312 e. The molecule has 0 spiro atoms. The first kappa shape index (κ1) is 9.09. The van der Waals surface area contributed by atoms with Crippen LogP contribution in [0.25, 0.3) is 0 Å². The van der Waals surface area contributed by atoms with Gasteiger partial charge in [0.05, 0.1) is 9.95 Å². The molecule has 0 radical (unpaired) electrons. The molecule has 0 fully saturated rings. The molecular formula is C6H4Cl2N2O2. The number of hydrogen-bond donors (Lipinski definition) is 1. The molecule has 1 aromatic rings. The van der Waals surface area contributed by atoms with Gasteiger partial charge >= 0.3 is 5.69 Å². The smallest absolute Gasteiger partial charge is 0.312 e. The Bertz CT molecular complexity index is 341. The van der Waals surface area contributed by atoms with Crippen LogP contribution in [0.5, 0.6) is 0 Å². The number of nitro groups is 1. The molecule has 6 heteroatoms. The van der Waals surface area contributed by atoms with Crippen molar-refractivity contribution >= 4 is 34.6 Å². The number of nitrogens with two attached hydrogens (primary N) is 1. The Hall–Kier alpha value is -1.00. The van der Waals surface area contributed by atoms with Crippen LogP contribution in [0.15, 0.2) is 12.1 Å². The SMILES string of the molecule is Nc1c(Cl)ccc(Cl)c1[N+](=O)[O-]. The van der Waals surface area contributed by atoms with Crippen LogP contribution in [0, 0.1) is 10.1 Å². The highest BCUT2D eigenvalue weighted by Crippen LogP contribution is 2.35. The van der Waals surface area contributed by atoms with Crippen molar-refractivity contribution in [1.29, 1.82) is 0 Å². The normalized spacial score (nSPS) is 9.83. The van der Waals surface area contributed by atoms with Gasteiger partial charge in [0.15, 0.2) is 0 Å². The lowest BCUT2D eigenvalue weighted by Crippen LogP contribution is -1.96. The average Bonchev–Trinajstić information content (AvgIpc) is 1.97. The van der Waals surface area contributed by atoms with Crippen LogP contribution >= 0.6 is 23.2 Å². The monoisotopic (exact) mass is 206 g/mol. The molecule has 12 heavy (non-hydrogen) atoms. The molecule has 0 aliphatic carbocycles. The van der Waals surface area contributed by atoms with E-state index in [9.17, 15) is 10.1 Å². The second kappa shape index (κ2) is 3.16. The van der Waals surface area contributed by atoms with Crippen molar-refractivity contribution in [3.05, 3.63) is 32.3 Å². The molecule has 0 bridgehead atoms. The Kier molecular flexibility index (Phi) is 2.40. The van der Waals surface area contributed by atoms with Crippen molar-refractivity contribution in [3.8, 4) is 0 Å². The lowest BCUT2D eigenvalue weighted by molar-refractivity contribution is -0.383. The fourth-order valence-electron chi connectivity index (χ4n) is 0.742. The number of nitrogens with zero attached hydrogens (tertiary/aromatic N) is 1. The summed E-state index contributed by atoms with van der Waals surface area (Å²) >= 11 is 11.1. The topological polar surface area (TPSA) is 69.2 Å². The molecule has 2 N–H and O–H groups in total. The first-order valence-electron chi connectivity index (χ1n) is 2.92. The molecule has 4 nitrogen and oxygen atoms in total. The van der Waals surface area contributed by atoms with Gasteiger partial charge in [-0.05, 0) is 12.1 Å². The minimum absolute atomic E-state index is 0.0121. The summed E-state index contributed by atoms with van der Waals surface area (Å²) < 4.78 is 0. The number of anilines is 1. The number of rotatable bonds is 1. The van der Waals surface area contributed by atoms with E-state index in [1.165, 1.54) is 12.1 Å². The number of nitro benzene ring substituents is 1. The summed E-state index contributed by atoms with van der Waals surface area (Å²) in [6, 6.07) is 2.74. The molecule has 0 atom stereocenters. The third kappa shape index (κ3) is 1.44. The predicted octanol–water partition coefficient (Wildman–Crippen LogP) is 2.48. The largest absolute Gasteiger partial charge is 0.392 e. The minimum atomic E-state index is -0.663. The summed E-state index contributed by atoms with van der Waals surface area (Å²) in [7, 11) is 0. The van der Waals surface area contributed by atoms with Crippen LogP contribution < -0.4 is 5.73 Å². The quantitative estimate of drug-likeness (QED) is 0.436. The van der Waals surface area contributed by atoms with Crippen molar-refractivity contribution in [2.75, 3.05) is 5.73 Å². The number of halogens is 2. The number of hydrogen-bond acceptors (Lipinski definition) is 3. The van der Waals surface area contributed by atoms with Gasteiger partial charge in [-0.15, -0.1) is 0 Å². The van der Waals surface area contributed by atoms with E-state index in [1.54, 1.807) is 0 Å². The Morgan fingerprint density at radius 3 is 2.25 bits per heavy atom. The standard InChI is InChI=1S/C6H4Cl2N2O2/c7-3-1-2-4(8)6(5(3)9)10(11)12/h1-2H,9H2. The molecule has 0 aromatic heterocycles. The summed E-state index contributed by atoms with van der Waals surface area (Å²) in [5.41, 5.74) is 4.88. The Morgan fingerprint density at radius 2 is 1.83 bits per heavy atom. The first-order chi connectivity index (χ1) is 5.54. The Morgan fingerprint density at radius 1 is 1.33 bits per heavy atom. The van der Waals surface area contributed by atoms with Crippen molar-refractivity contribution < 1.29 is 4.92 Å². The maximum absolute atomic E-state index is 10.4. The number of benzene rings is 1. The summed E-state index contributed by atoms with van der Waals surface area (Å²) in [5.74, 6) is 0. The zero-order valence-electron chi connectivity index (χ0n) is 5.75. The molecule has 0 saturated carbocycles. The van der Waals surface area contributed by atoms with E-state index < -0.39 is 4.92 Å². The fourth-order valence-corrected chi connectivity index (χ4v) is 1.13. The third-order valence-electron chi connectivity index (χ3n) is 1.30. The Labute approximate surface area is 78.0 Å². The zero-order valence-corrected chi connectivity index (χ0v) is 7.26. The molecule has 0 aliphatic rings. The third-order valence-corrected chi connectivity index (χ3v) is 1.93. The highest BCUT2D eigenvalue weighted by Gasteiger charge is 2.18. The van der Waals surface area contributed by atoms with Crippen molar-refractivity contribution in [2.45, 2.75) is 0 Å². The average molecular weight is 207 g/mol. The van der Waals surface area contributed by atoms with Crippen LogP contribution in [0.4, 0.5) is 11.4 Å². The summed E-state index contributed by atoms with van der Waals surface area (Å²) in [6.07, 6.45) is 0. The van der Waals surface area contributed by atoms with Gasteiger partial charge in [-0.3, -0.25) is 10.1 Å². The van der Waals surface area contributed by atoms with Crippen molar-refractivity contribution in [2.24, 2.45) is 0 Å². The summed E-state index contributed by atoms with van der Waals surface area (Å²) in [4.78, 5) is 9.71. The van der Waals surface area contributed by atoms with E-state index in [1.807, 2.05) is 0 Å². The number of nitrogen functional groups attached to an aromatic ring is 1. The van der Waals surface area contributed by atoms with E-state index in [0.29, 0.717) is 0 Å². The van der Waals surface area contributed by atoms with Crippen molar-refractivity contribution in [1.82, 2.24) is 0 Å². The van der Waals surface area contributed by atoms with Gasteiger partial charge < -0.3 is 5.73 Å². The Balaban J connectivity index is 3.43. The van der Waals surface area contributed by atoms with Crippen LogP contribution in [0.2, 0.25) is 10.0 Å². The van der Waals surface area contributed by atoms with Crippen LogP contribution in [0.3, 0.4) is 0 Å². The van der Waals surface area contributed by atoms with Gasteiger partial charge in [0.2, 0.25) is 0 Å². The van der Waals surface area contributed by atoms with E-state index in [4.69, 9.17) is 28.9 Å². The van der Waals surface area contributed by atoms with Gasteiger partial charge in [0.1, 0.15) is 10.7 Å². The maximum atomic E-state index is 10.4. The van der Waals surface area contributed by atoms with Crippen LogP contribution in [-0.2, 0) is 0 Å². The summed E-state index contributed by atoms with van der Waals surface area (Å²) in [5, 5.41) is 10.5. The molecule has 0 unspecified atom stereocenters. The predicted molar refractivity (Wildman–Crippen MR) is 47.5 cm³/mol. The van der Waals surface area contributed by atoms with E-state index >= 15 is 0 Å². The van der Waals surface area contributed by atoms with E-state index in [-0.39, 0.29) is 21.4 Å². The molecule has 0 saturated heterocycles. The van der Waals surface area contributed by atoms with Crippen LogP contribution in [-0.4, -0.2) is 4.92 Å². The second-order valence-corrected chi connectivity index (χ2v) is 2.86. The highest BCUT2D eigenvalue weighted by molar-refractivity contribution is 6.37. The highest BCUT2D eigenvalue weighted by atomic mass is 35.5. The van der Waals surface area contributed by atoms with E-state index in [2.05, 4.69) is 0 Å². The van der Waals surface area contributed by atoms with Gasteiger partial charge in [0.25, 0.3) is 0 Å². The van der Waals surface area contributed by atoms with Crippen LogP contribution in [0.1, 0.15) is 0 Å². The molecular weight excluding hydrogens is 203 g/mol. The molecule has 64 valence electrons. The minimum Gasteiger partial charge on any atom is -0.392 e. The van der Waals surface area contributed by atoms with Gasteiger partial charge in [-0.2, -0.15) is 0 Å². The molecule has 0 heterocycles.